The van der Waals surface area contributed by atoms with Crippen molar-refractivity contribution in [3.8, 4) is 5.88 Å². The first-order valence-electron chi connectivity index (χ1n) is 8.99. The molecule has 0 unspecified atom stereocenters. The van der Waals surface area contributed by atoms with E-state index in [1.807, 2.05) is 24.3 Å². The number of halogens is 1. The molecule has 1 aliphatic rings. The Labute approximate surface area is 172 Å². The van der Waals surface area contributed by atoms with Crippen molar-refractivity contribution >= 4 is 33.5 Å². The summed E-state index contributed by atoms with van der Waals surface area (Å²) in [5, 5.41) is 0. The lowest BCUT2D eigenvalue weighted by atomic mass is 10.2. The van der Waals surface area contributed by atoms with Crippen molar-refractivity contribution in [1.82, 2.24) is 13.6 Å². The molecule has 0 N–H and O–H groups in total. The van der Waals surface area contributed by atoms with E-state index in [-0.39, 0.29) is 0 Å². The van der Waals surface area contributed by atoms with E-state index in [0.29, 0.717) is 12.5 Å². The molecule has 0 amide bonds. The van der Waals surface area contributed by atoms with Gasteiger partial charge in [0.1, 0.15) is 6.61 Å². The van der Waals surface area contributed by atoms with Crippen molar-refractivity contribution in [3.05, 3.63) is 70.2 Å². The van der Waals surface area contributed by atoms with Crippen LogP contribution in [0, 0.1) is 0 Å². The minimum atomic E-state index is 0.500. The molecule has 0 spiro atoms. The Hall–Kier alpha value is -1.96. The number of hydrogen-bond acceptors (Lipinski definition) is 6. The Morgan fingerprint density at radius 1 is 0.889 bits per heavy atom. The summed E-state index contributed by atoms with van der Waals surface area (Å²) in [6.45, 7) is 5.40. The molecule has 27 heavy (non-hydrogen) atoms. The summed E-state index contributed by atoms with van der Waals surface area (Å²) in [5.74, 6) is 1.51. The fourth-order valence-electron chi connectivity index (χ4n) is 3.15. The summed E-state index contributed by atoms with van der Waals surface area (Å²) in [6, 6.07) is 18.8. The van der Waals surface area contributed by atoms with Crippen LogP contribution >= 0.6 is 27.7 Å². The van der Waals surface area contributed by atoms with Crippen LogP contribution in [0.25, 0.3) is 0 Å². The molecule has 7 heteroatoms. The van der Waals surface area contributed by atoms with E-state index in [1.165, 1.54) is 17.3 Å². The molecule has 0 bridgehead atoms. The molecular formula is C20H21BrN4OS. The number of aromatic nitrogens is 2. The van der Waals surface area contributed by atoms with Gasteiger partial charge in [-0.15, -0.1) is 4.37 Å². The standard InChI is InChI=1S/C20H21BrN4OS/c21-18-8-6-17(7-9-18)15-26-20-19(22-27-23-20)25-12-10-24(11-13-25)14-16-4-2-1-3-5-16/h1-9H,10-15H2. The van der Waals surface area contributed by atoms with Crippen LogP contribution < -0.4 is 9.64 Å². The second-order valence-electron chi connectivity index (χ2n) is 6.56. The van der Waals surface area contributed by atoms with Gasteiger partial charge in [0.05, 0.1) is 11.7 Å². The minimum absolute atomic E-state index is 0.500. The van der Waals surface area contributed by atoms with Gasteiger partial charge in [-0.3, -0.25) is 4.90 Å². The van der Waals surface area contributed by atoms with Crippen molar-refractivity contribution in [3.63, 3.8) is 0 Å². The van der Waals surface area contributed by atoms with Crippen molar-refractivity contribution in [2.24, 2.45) is 0 Å². The number of rotatable bonds is 6. The van der Waals surface area contributed by atoms with Gasteiger partial charge in [-0.25, -0.2) is 0 Å². The quantitative estimate of drug-likeness (QED) is 0.569. The largest absolute Gasteiger partial charge is 0.470 e. The van der Waals surface area contributed by atoms with E-state index in [4.69, 9.17) is 4.74 Å². The van der Waals surface area contributed by atoms with E-state index in [9.17, 15) is 0 Å². The number of hydrogen-bond donors (Lipinski definition) is 0. The van der Waals surface area contributed by atoms with Crippen molar-refractivity contribution in [2.75, 3.05) is 31.1 Å². The third-order valence-corrected chi connectivity index (χ3v) is 5.68. The van der Waals surface area contributed by atoms with Crippen LogP contribution in [0.4, 0.5) is 5.82 Å². The van der Waals surface area contributed by atoms with Crippen LogP contribution in [-0.4, -0.2) is 39.8 Å². The summed E-state index contributed by atoms with van der Waals surface area (Å²) in [7, 11) is 0. The number of nitrogens with zero attached hydrogens (tertiary/aromatic N) is 4. The van der Waals surface area contributed by atoms with E-state index < -0.39 is 0 Å². The van der Waals surface area contributed by atoms with Crippen LogP contribution in [0.3, 0.4) is 0 Å². The van der Waals surface area contributed by atoms with Gasteiger partial charge in [-0.2, -0.15) is 4.37 Å². The monoisotopic (exact) mass is 444 g/mol. The average Bonchev–Trinajstić information content (AvgIpc) is 3.18. The molecule has 3 aromatic rings. The molecule has 0 saturated carbocycles. The maximum Gasteiger partial charge on any atom is 0.271 e. The van der Waals surface area contributed by atoms with E-state index in [1.54, 1.807) is 0 Å². The van der Waals surface area contributed by atoms with Gasteiger partial charge in [0.15, 0.2) is 0 Å². The van der Waals surface area contributed by atoms with E-state index in [2.05, 4.69) is 64.8 Å². The summed E-state index contributed by atoms with van der Waals surface area (Å²) in [5.41, 5.74) is 2.48. The number of piperazine rings is 1. The molecule has 140 valence electrons. The molecule has 0 aliphatic carbocycles. The highest BCUT2D eigenvalue weighted by atomic mass is 79.9. The van der Waals surface area contributed by atoms with Gasteiger partial charge in [-0.1, -0.05) is 58.4 Å². The topological polar surface area (TPSA) is 41.5 Å². The first kappa shape index (κ1) is 18.4. The first-order valence-corrected chi connectivity index (χ1v) is 10.5. The Morgan fingerprint density at radius 3 is 2.37 bits per heavy atom. The Bertz CT molecular complexity index is 848. The molecule has 0 radical (unpaired) electrons. The fourth-order valence-corrected chi connectivity index (χ4v) is 3.94. The smallest absolute Gasteiger partial charge is 0.271 e. The Morgan fingerprint density at radius 2 is 1.63 bits per heavy atom. The van der Waals surface area contributed by atoms with E-state index in [0.717, 1.165) is 48.6 Å². The molecular weight excluding hydrogens is 424 g/mol. The number of ether oxygens (including phenoxy) is 1. The van der Waals surface area contributed by atoms with Gasteiger partial charge in [0.25, 0.3) is 5.88 Å². The lowest BCUT2D eigenvalue weighted by Crippen LogP contribution is -2.46. The number of benzene rings is 2. The minimum Gasteiger partial charge on any atom is -0.470 e. The predicted octanol–water partition coefficient (Wildman–Crippen LogP) is 4.20. The average molecular weight is 445 g/mol. The second kappa shape index (κ2) is 8.82. The van der Waals surface area contributed by atoms with E-state index >= 15 is 0 Å². The SMILES string of the molecule is Brc1ccc(COc2nsnc2N2CCN(Cc3ccccc3)CC2)cc1. The number of anilines is 1. The van der Waals surface area contributed by atoms with Gasteiger partial charge < -0.3 is 9.64 Å². The molecule has 1 aromatic heterocycles. The molecule has 2 heterocycles. The van der Waals surface area contributed by atoms with Gasteiger partial charge in [0, 0.05) is 37.2 Å². The lowest BCUT2D eigenvalue weighted by molar-refractivity contribution is 0.247. The summed E-state index contributed by atoms with van der Waals surface area (Å²) in [6.07, 6.45) is 0. The fraction of sp³-hybridized carbons (Fsp3) is 0.300. The molecule has 5 nitrogen and oxygen atoms in total. The van der Waals surface area contributed by atoms with Gasteiger partial charge in [0.2, 0.25) is 5.82 Å². The third-order valence-electron chi connectivity index (χ3n) is 4.65. The summed E-state index contributed by atoms with van der Waals surface area (Å²) >= 11 is 4.67. The Kier molecular flexibility index (Phi) is 6.01. The zero-order valence-corrected chi connectivity index (χ0v) is 17.3. The van der Waals surface area contributed by atoms with Crippen molar-refractivity contribution in [2.45, 2.75) is 13.2 Å². The highest BCUT2D eigenvalue weighted by Crippen LogP contribution is 2.27. The highest BCUT2D eigenvalue weighted by Gasteiger charge is 2.23. The van der Waals surface area contributed by atoms with Crippen molar-refractivity contribution < 1.29 is 4.74 Å². The highest BCUT2D eigenvalue weighted by molar-refractivity contribution is 9.10. The van der Waals surface area contributed by atoms with Crippen LogP contribution in [0.1, 0.15) is 11.1 Å². The molecule has 4 rings (SSSR count). The second-order valence-corrected chi connectivity index (χ2v) is 8.00. The molecule has 2 aromatic carbocycles. The third kappa shape index (κ3) is 4.86. The Balaban J connectivity index is 1.32. The summed E-state index contributed by atoms with van der Waals surface area (Å²) < 4.78 is 15.8. The molecule has 1 saturated heterocycles. The molecule has 1 fully saturated rings. The van der Waals surface area contributed by atoms with Gasteiger partial charge >= 0.3 is 0 Å². The zero-order chi connectivity index (χ0) is 18.5. The van der Waals surface area contributed by atoms with Crippen LogP contribution in [-0.2, 0) is 13.2 Å². The first-order chi connectivity index (χ1) is 13.3. The van der Waals surface area contributed by atoms with Crippen LogP contribution in [0.2, 0.25) is 0 Å². The zero-order valence-electron chi connectivity index (χ0n) is 14.9. The van der Waals surface area contributed by atoms with Crippen LogP contribution in [0.5, 0.6) is 5.88 Å². The lowest BCUT2D eigenvalue weighted by Gasteiger charge is -2.34. The predicted molar refractivity (Wildman–Crippen MR) is 112 cm³/mol. The van der Waals surface area contributed by atoms with Crippen LogP contribution in [0.15, 0.2) is 59.1 Å². The maximum absolute atomic E-state index is 5.95. The van der Waals surface area contributed by atoms with Gasteiger partial charge in [-0.05, 0) is 23.3 Å². The maximum atomic E-state index is 5.95. The summed E-state index contributed by atoms with van der Waals surface area (Å²) in [4.78, 5) is 4.76. The normalized spacial score (nSPS) is 15.1. The molecule has 0 atom stereocenters. The van der Waals surface area contributed by atoms with Crippen molar-refractivity contribution in [1.29, 1.82) is 0 Å². The molecule has 1 aliphatic heterocycles.